The smallest absolute Gasteiger partial charge is 0.246 e. The van der Waals surface area contributed by atoms with Crippen molar-refractivity contribution in [2.24, 2.45) is 0 Å². The van der Waals surface area contributed by atoms with E-state index in [4.69, 9.17) is 11.6 Å². The minimum atomic E-state index is -0.344. The summed E-state index contributed by atoms with van der Waals surface area (Å²) in [7, 11) is 0. The molecule has 2 heterocycles. The zero-order valence-electron chi connectivity index (χ0n) is 8.53. The third-order valence-electron chi connectivity index (χ3n) is 2.09. The lowest BCUT2D eigenvalue weighted by atomic mass is 10.3. The van der Waals surface area contributed by atoms with Crippen LogP contribution in [0, 0.1) is 6.92 Å². The molecule has 1 saturated heterocycles. The molecule has 1 N–H and O–H groups in total. The molecule has 0 aromatic carbocycles. The number of hydrogen-bond donors (Lipinski definition) is 1. The lowest BCUT2D eigenvalue weighted by Gasteiger charge is -2.26. The van der Waals surface area contributed by atoms with Gasteiger partial charge in [0.1, 0.15) is 5.82 Å². The number of piperazine rings is 1. The molecule has 1 fully saturated rings. The van der Waals surface area contributed by atoms with Crippen LogP contribution in [0.25, 0.3) is 0 Å². The molecule has 0 aliphatic carbocycles. The largest absolute Gasteiger partial charge is 0.338 e. The second-order valence-electron chi connectivity index (χ2n) is 3.46. The van der Waals surface area contributed by atoms with Crippen molar-refractivity contribution in [3.63, 3.8) is 0 Å². The maximum atomic E-state index is 11.2. The van der Waals surface area contributed by atoms with Crippen molar-refractivity contribution in [2.75, 3.05) is 18.0 Å². The second-order valence-corrected chi connectivity index (χ2v) is 3.80. The molecule has 2 amide bonds. The SMILES string of the molecule is Cc1cc(N2CC(=O)NC(=O)C2)nc(Cl)n1. The van der Waals surface area contributed by atoms with Crippen LogP contribution in [0.1, 0.15) is 5.69 Å². The Bertz CT molecular complexity index is 427. The molecular formula is C9H9ClN4O2. The maximum absolute atomic E-state index is 11.2. The Morgan fingerprint density at radius 1 is 1.31 bits per heavy atom. The van der Waals surface area contributed by atoms with Crippen molar-refractivity contribution in [2.45, 2.75) is 6.92 Å². The van der Waals surface area contributed by atoms with Gasteiger partial charge in [-0.05, 0) is 18.5 Å². The highest BCUT2D eigenvalue weighted by molar-refractivity contribution is 6.28. The van der Waals surface area contributed by atoms with Crippen molar-refractivity contribution in [1.29, 1.82) is 0 Å². The number of hydrogen-bond acceptors (Lipinski definition) is 5. The highest BCUT2D eigenvalue weighted by atomic mass is 35.5. The maximum Gasteiger partial charge on any atom is 0.246 e. The zero-order chi connectivity index (χ0) is 11.7. The molecule has 84 valence electrons. The molecule has 1 aliphatic heterocycles. The summed E-state index contributed by atoms with van der Waals surface area (Å²) in [5, 5.41) is 2.32. The summed E-state index contributed by atoms with van der Waals surface area (Å²) in [5.74, 6) is -0.201. The van der Waals surface area contributed by atoms with E-state index in [-0.39, 0.29) is 30.2 Å². The quantitative estimate of drug-likeness (QED) is 0.548. The molecule has 0 saturated carbocycles. The van der Waals surface area contributed by atoms with Crippen LogP contribution in [0.3, 0.4) is 0 Å². The molecule has 1 aromatic heterocycles. The first-order valence-corrected chi connectivity index (χ1v) is 5.01. The van der Waals surface area contributed by atoms with Crippen LogP contribution in [-0.2, 0) is 9.59 Å². The first kappa shape index (κ1) is 10.8. The topological polar surface area (TPSA) is 75.2 Å². The van der Waals surface area contributed by atoms with Gasteiger partial charge in [0.25, 0.3) is 0 Å². The molecule has 0 radical (unpaired) electrons. The van der Waals surface area contributed by atoms with Gasteiger partial charge in [0, 0.05) is 11.8 Å². The first-order valence-electron chi connectivity index (χ1n) is 4.63. The molecule has 6 nitrogen and oxygen atoms in total. The fourth-order valence-corrected chi connectivity index (χ4v) is 1.70. The van der Waals surface area contributed by atoms with Crippen LogP contribution in [-0.4, -0.2) is 34.9 Å². The van der Waals surface area contributed by atoms with Crippen LogP contribution in [0.5, 0.6) is 0 Å². The lowest BCUT2D eigenvalue weighted by Crippen LogP contribution is -2.51. The van der Waals surface area contributed by atoms with Crippen LogP contribution < -0.4 is 10.2 Å². The fourth-order valence-electron chi connectivity index (χ4n) is 1.48. The van der Waals surface area contributed by atoms with Crippen LogP contribution in [0.15, 0.2) is 6.07 Å². The molecule has 0 bridgehead atoms. The lowest BCUT2D eigenvalue weighted by molar-refractivity contribution is -0.130. The third kappa shape index (κ3) is 2.27. The summed E-state index contributed by atoms with van der Waals surface area (Å²) >= 11 is 5.71. The molecule has 0 unspecified atom stereocenters. The van der Waals surface area contributed by atoms with Crippen LogP contribution in [0.4, 0.5) is 5.82 Å². The van der Waals surface area contributed by atoms with E-state index in [0.717, 1.165) is 0 Å². The standard InChI is InChI=1S/C9H9ClN4O2/c1-5-2-6(12-9(10)11-5)14-3-7(15)13-8(16)4-14/h2H,3-4H2,1H3,(H,13,15,16). The average Bonchev–Trinajstić information content (AvgIpc) is 2.14. The molecule has 1 aliphatic rings. The van der Waals surface area contributed by atoms with Gasteiger partial charge < -0.3 is 4.90 Å². The monoisotopic (exact) mass is 240 g/mol. The van der Waals surface area contributed by atoms with E-state index in [0.29, 0.717) is 11.5 Å². The van der Waals surface area contributed by atoms with Crippen molar-refractivity contribution in [3.8, 4) is 0 Å². The average molecular weight is 241 g/mol. The molecular weight excluding hydrogens is 232 g/mol. The number of anilines is 1. The highest BCUT2D eigenvalue weighted by Gasteiger charge is 2.23. The first-order chi connectivity index (χ1) is 7.54. The Balaban J connectivity index is 2.29. The van der Waals surface area contributed by atoms with E-state index in [9.17, 15) is 9.59 Å². The third-order valence-corrected chi connectivity index (χ3v) is 2.25. The van der Waals surface area contributed by atoms with Gasteiger partial charge in [0.2, 0.25) is 17.1 Å². The Morgan fingerprint density at radius 3 is 2.50 bits per heavy atom. The summed E-state index contributed by atoms with van der Waals surface area (Å²) < 4.78 is 0. The van der Waals surface area contributed by atoms with E-state index in [2.05, 4.69) is 15.3 Å². The molecule has 2 rings (SSSR count). The number of nitrogens with zero attached hydrogens (tertiary/aromatic N) is 3. The second kappa shape index (κ2) is 4.05. The number of rotatable bonds is 1. The Hall–Kier alpha value is -1.69. The number of nitrogens with one attached hydrogen (secondary N) is 1. The van der Waals surface area contributed by atoms with Gasteiger partial charge in [0.15, 0.2) is 0 Å². The molecule has 0 atom stereocenters. The van der Waals surface area contributed by atoms with Gasteiger partial charge in [0.05, 0.1) is 13.1 Å². The predicted molar refractivity (Wildman–Crippen MR) is 57.1 cm³/mol. The number of imide groups is 1. The molecule has 16 heavy (non-hydrogen) atoms. The number of amides is 2. The van der Waals surface area contributed by atoms with Gasteiger partial charge in [-0.25, -0.2) is 9.97 Å². The highest BCUT2D eigenvalue weighted by Crippen LogP contribution is 2.15. The van der Waals surface area contributed by atoms with E-state index in [1.54, 1.807) is 17.9 Å². The minimum Gasteiger partial charge on any atom is -0.338 e. The molecule has 7 heteroatoms. The Morgan fingerprint density at radius 2 is 1.94 bits per heavy atom. The van der Waals surface area contributed by atoms with E-state index in [1.165, 1.54) is 0 Å². The van der Waals surface area contributed by atoms with Crippen molar-refractivity contribution >= 4 is 29.2 Å². The number of halogens is 1. The Kier molecular flexibility index (Phi) is 2.74. The minimum absolute atomic E-state index is 0.0958. The van der Waals surface area contributed by atoms with Crippen molar-refractivity contribution in [1.82, 2.24) is 15.3 Å². The molecule has 0 spiro atoms. The van der Waals surface area contributed by atoms with Gasteiger partial charge in [-0.1, -0.05) is 0 Å². The van der Waals surface area contributed by atoms with Crippen LogP contribution >= 0.6 is 11.6 Å². The number of aromatic nitrogens is 2. The van der Waals surface area contributed by atoms with Crippen molar-refractivity contribution in [3.05, 3.63) is 17.0 Å². The van der Waals surface area contributed by atoms with Gasteiger partial charge in [-0.2, -0.15) is 0 Å². The summed E-state index contributed by atoms with van der Waals surface area (Å²) in [5.41, 5.74) is 0.688. The van der Waals surface area contributed by atoms with Crippen molar-refractivity contribution < 1.29 is 9.59 Å². The Labute approximate surface area is 96.6 Å². The van der Waals surface area contributed by atoms with E-state index < -0.39 is 0 Å². The van der Waals surface area contributed by atoms with E-state index >= 15 is 0 Å². The van der Waals surface area contributed by atoms with Gasteiger partial charge >= 0.3 is 0 Å². The van der Waals surface area contributed by atoms with Gasteiger partial charge in [-0.15, -0.1) is 0 Å². The number of carbonyl (C=O) groups excluding carboxylic acids is 2. The van der Waals surface area contributed by atoms with Gasteiger partial charge in [-0.3, -0.25) is 14.9 Å². The summed E-state index contributed by atoms with van der Waals surface area (Å²) in [6.45, 7) is 1.96. The van der Waals surface area contributed by atoms with E-state index in [1.807, 2.05) is 0 Å². The summed E-state index contributed by atoms with van der Waals surface area (Å²) in [6, 6.07) is 1.68. The fraction of sp³-hybridized carbons (Fsp3) is 0.333. The summed E-state index contributed by atoms with van der Waals surface area (Å²) in [6.07, 6.45) is 0. The normalized spacial score (nSPS) is 16.2. The summed E-state index contributed by atoms with van der Waals surface area (Å²) in [4.78, 5) is 31.8. The predicted octanol–water partition coefficient (Wildman–Crippen LogP) is -0.0988. The van der Waals surface area contributed by atoms with Crippen LogP contribution in [0.2, 0.25) is 5.28 Å². The zero-order valence-corrected chi connectivity index (χ0v) is 9.28. The number of aryl methyl sites for hydroxylation is 1. The molecule has 1 aromatic rings. The number of carbonyl (C=O) groups is 2.